The van der Waals surface area contributed by atoms with Gasteiger partial charge in [-0.2, -0.15) is 0 Å². The molecule has 1 heterocycles. The van der Waals surface area contributed by atoms with E-state index in [1.807, 2.05) is 0 Å². The van der Waals surface area contributed by atoms with Crippen molar-refractivity contribution < 1.29 is 14.3 Å². The van der Waals surface area contributed by atoms with Gasteiger partial charge in [0.2, 0.25) is 5.13 Å². The first-order valence-corrected chi connectivity index (χ1v) is 9.35. The van der Waals surface area contributed by atoms with Crippen LogP contribution < -0.4 is 5.32 Å². The van der Waals surface area contributed by atoms with Crippen LogP contribution in [0.2, 0.25) is 5.02 Å². The van der Waals surface area contributed by atoms with Crippen LogP contribution in [0.15, 0.2) is 27.0 Å². The number of rotatable bonds is 6. The standard InChI is InChI=1S/C13H11BrClN3O3S2/c1-2-21-10(19)6-22-13-18-17-12(23-13)16-11(20)8-5-7(14)3-4-9(8)15/h3-5H,2,6H2,1H3,(H,16,17,20). The highest BCUT2D eigenvalue weighted by Gasteiger charge is 2.14. The predicted octanol–water partition coefficient (Wildman–Crippen LogP) is 3.86. The Morgan fingerprint density at radius 1 is 1.43 bits per heavy atom. The van der Waals surface area contributed by atoms with Gasteiger partial charge in [0.1, 0.15) is 0 Å². The molecular weight excluding hydrogens is 426 g/mol. The molecule has 2 rings (SSSR count). The molecule has 1 N–H and O–H groups in total. The molecular formula is C13H11BrClN3O3S2. The second-order valence-corrected chi connectivity index (χ2v) is 7.57. The Morgan fingerprint density at radius 2 is 2.22 bits per heavy atom. The number of nitrogens with zero attached hydrogens (tertiary/aromatic N) is 2. The summed E-state index contributed by atoms with van der Waals surface area (Å²) in [4.78, 5) is 23.5. The minimum Gasteiger partial charge on any atom is -0.465 e. The normalized spacial score (nSPS) is 10.4. The number of thioether (sulfide) groups is 1. The molecule has 0 aliphatic heterocycles. The molecule has 1 aromatic carbocycles. The van der Waals surface area contributed by atoms with Crippen LogP contribution in [-0.4, -0.2) is 34.4 Å². The first kappa shape index (κ1) is 18.2. The number of anilines is 1. The van der Waals surface area contributed by atoms with Crippen molar-refractivity contribution in [2.24, 2.45) is 0 Å². The number of hydrogen-bond acceptors (Lipinski definition) is 7. The van der Waals surface area contributed by atoms with E-state index in [1.54, 1.807) is 25.1 Å². The third-order valence-electron chi connectivity index (χ3n) is 2.42. The van der Waals surface area contributed by atoms with Crippen LogP contribution in [0.25, 0.3) is 0 Å². The lowest BCUT2D eigenvalue weighted by atomic mass is 10.2. The Hall–Kier alpha value is -1.16. The smallest absolute Gasteiger partial charge is 0.316 e. The summed E-state index contributed by atoms with van der Waals surface area (Å²) in [5, 5.41) is 11.1. The van der Waals surface area contributed by atoms with Gasteiger partial charge in [0.25, 0.3) is 5.91 Å². The zero-order valence-electron chi connectivity index (χ0n) is 11.8. The van der Waals surface area contributed by atoms with Crippen molar-refractivity contribution in [3.63, 3.8) is 0 Å². The number of nitrogens with one attached hydrogen (secondary N) is 1. The monoisotopic (exact) mass is 435 g/mol. The van der Waals surface area contributed by atoms with Crippen LogP contribution >= 0.6 is 50.6 Å². The molecule has 2 aromatic rings. The molecule has 0 saturated heterocycles. The molecule has 0 atom stereocenters. The minimum absolute atomic E-state index is 0.147. The van der Waals surface area contributed by atoms with Gasteiger partial charge in [-0.25, -0.2) is 0 Å². The molecule has 0 fully saturated rings. The van der Waals surface area contributed by atoms with E-state index in [4.69, 9.17) is 16.3 Å². The van der Waals surface area contributed by atoms with Crippen LogP contribution in [0.5, 0.6) is 0 Å². The summed E-state index contributed by atoms with van der Waals surface area (Å²) in [6, 6.07) is 4.99. The van der Waals surface area contributed by atoms with Crippen molar-refractivity contribution >= 4 is 67.6 Å². The van der Waals surface area contributed by atoms with E-state index in [1.165, 1.54) is 23.1 Å². The maximum Gasteiger partial charge on any atom is 0.316 e. The second-order valence-electron chi connectivity index (χ2n) is 4.05. The topological polar surface area (TPSA) is 81.2 Å². The molecule has 10 heteroatoms. The maximum atomic E-state index is 12.2. The fourth-order valence-corrected chi connectivity index (χ4v) is 3.59. The van der Waals surface area contributed by atoms with Gasteiger partial charge in [0.05, 0.1) is 22.9 Å². The van der Waals surface area contributed by atoms with Gasteiger partial charge in [-0.05, 0) is 25.1 Å². The van der Waals surface area contributed by atoms with E-state index in [0.717, 1.165) is 4.47 Å². The molecule has 0 radical (unpaired) electrons. The maximum absolute atomic E-state index is 12.2. The van der Waals surface area contributed by atoms with E-state index in [0.29, 0.717) is 26.7 Å². The number of carbonyl (C=O) groups is 2. The highest BCUT2D eigenvalue weighted by Crippen LogP contribution is 2.27. The van der Waals surface area contributed by atoms with E-state index in [9.17, 15) is 9.59 Å². The van der Waals surface area contributed by atoms with Crippen molar-refractivity contribution in [1.82, 2.24) is 10.2 Å². The fraction of sp³-hybridized carbons (Fsp3) is 0.231. The fourth-order valence-electron chi connectivity index (χ4n) is 1.48. The Balaban J connectivity index is 1.97. The summed E-state index contributed by atoms with van der Waals surface area (Å²) < 4.78 is 6.13. The van der Waals surface area contributed by atoms with Crippen molar-refractivity contribution in [2.45, 2.75) is 11.3 Å². The summed E-state index contributed by atoms with van der Waals surface area (Å²) in [6.45, 7) is 2.08. The van der Waals surface area contributed by atoms with Crippen LogP contribution in [0, 0.1) is 0 Å². The summed E-state index contributed by atoms with van der Waals surface area (Å²) >= 11 is 11.7. The van der Waals surface area contributed by atoms with E-state index in [2.05, 4.69) is 31.4 Å². The SMILES string of the molecule is CCOC(=O)CSc1nnc(NC(=O)c2cc(Br)ccc2Cl)s1. The number of hydrogen-bond donors (Lipinski definition) is 1. The van der Waals surface area contributed by atoms with Crippen LogP contribution in [-0.2, 0) is 9.53 Å². The van der Waals surface area contributed by atoms with Gasteiger partial charge >= 0.3 is 5.97 Å². The lowest BCUT2D eigenvalue weighted by Gasteiger charge is -2.04. The number of halogens is 2. The molecule has 0 unspecified atom stereocenters. The van der Waals surface area contributed by atoms with Gasteiger partial charge in [0.15, 0.2) is 4.34 Å². The van der Waals surface area contributed by atoms with Gasteiger partial charge in [0, 0.05) is 4.47 Å². The van der Waals surface area contributed by atoms with Gasteiger partial charge in [-0.15, -0.1) is 10.2 Å². The van der Waals surface area contributed by atoms with E-state index >= 15 is 0 Å². The number of ether oxygens (including phenoxy) is 1. The number of benzene rings is 1. The van der Waals surface area contributed by atoms with Crippen molar-refractivity contribution in [3.8, 4) is 0 Å². The summed E-state index contributed by atoms with van der Waals surface area (Å²) in [6.07, 6.45) is 0. The van der Waals surface area contributed by atoms with Crippen LogP contribution in [0.3, 0.4) is 0 Å². The number of amides is 1. The molecule has 0 aliphatic carbocycles. The Labute approximate surface area is 154 Å². The molecule has 0 saturated carbocycles. The lowest BCUT2D eigenvalue weighted by Crippen LogP contribution is -2.12. The zero-order valence-corrected chi connectivity index (χ0v) is 15.8. The molecule has 0 bridgehead atoms. The molecule has 6 nitrogen and oxygen atoms in total. The average molecular weight is 437 g/mol. The number of esters is 1. The van der Waals surface area contributed by atoms with Crippen molar-refractivity contribution in [2.75, 3.05) is 17.7 Å². The molecule has 1 amide bonds. The Bertz CT molecular complexity index is 726. The first-order valence-electron chi connectivity index (χ1n) is 6.38. The summed E-state index contributed by atoms with van der Waals surface area (Å²) in [5.41, 5.74) is 0.331. The van der Waals surface area contributed by atoms with E-state index < -0.39 is 0 Å². The highest BCUT2D eigenvalue weighted by molar-refractivity contribution is 9.10. The van der Waals surface area contributed by atoms with Crippen molar-refractivity contribution in [3.05, 3.63) is 33.3 Å². The van der Waals surface area contributed by atoms with E-state index in [-0.39, 0.29) is 17.6 Å². The number of carbonyl (C=O) groups excluding carboxylic acids is 2. The second kappa shape index (κ2) is 8.62. The predicted molar refractivity (Wildman–Crippen MR) is 94.4 cm³/mol. The third-order valence-corrected chi connectivity index (χ3v) is 5.19. The summed E-state index contributed by atoms with van der Waals surface area (Å²) in [5.74, 6) is -0.554. The Kier molecular flexibility index (Phi) is 6.82. The van der Waals surface area contributed by atoms with Crippen molar-refractivity contribution in [1.29, 1.82) is 0 Å². The van der Waals surface area contributed by atoms with Gasteiger partial charge in [-0.1, -0.05) is 50.6 Å². The molecule has 122 valence electrons. The third kappa shape index (κ3) is 5.45. The number of aromatic nitrogens is 2. The zero-order chi connectivity index (χ0) is 16.8. The molecule has 1 aromatic heterocycles. The molecule has 0 aliphatic rings. The highest BCUT2D eigenvalue weighted by atomic mass is 79.9. The summed E-state index contributed by atoms with van der Waals surface area (Å²) in [7, 11) is 0. The van der Waals surface area contributed by atoms with Crippen LogP contribution in [0.4, 0.5) is 5.13 Å². The lowest BCUT2D eigenvalue weighted by molar-refractivity contribution is -0.139. The van der Waals surface area contributed by atoms with Crippen LogP contribution in [0.1, 0.15) is 17.3 Å². The van der Waals surface area contributed by atoms with Gasteiger partial charge in [-0.3, -0.25) is 14.9 Å². The molecule has 0 spiro atoms. The molecule has 23 heavy (non-hydrogen) atoms. The van der Waals surface area contributed by atoms with Gasteiger partial charge < -0.3 is 4.74 Å². The average Bonchev–Trinajstić information content (AvgIpc) is 2.95. The minimum atomic E-state index is -0.380. The largest absolute Gasteiger partial charge is 0.465 e. The quantitative estimate of drug-likeness (QED) is 0.421. The Morgan fingerprint density at radius 3 is 2.96 bits per heavy atom. The first-order chi connectivity index (χ1) is 11.0.